The summed E-state index contributed by atoms with van der Waals surface area (Å²) >= 11 is 0. The van der Waals surface area contributed by atoms with E-state index in [0.717, 1.165) is 11.4 Å². The zero-order valence-corrected chi connectivity index (χ0v) is 12.7. The van der Waals surface area contributed by atoms with Crippen LogP contribution >= 0.6 is 0 Å². The molecule has 0 aliphatic heterocycles. The molecule has 0 atom stereocenters. The minimum atomic E-state index is -0.329. The summed E-state index contributed by atoms with van der Waals surface area (Å²) in [5, 5.41) is 6.99. The fraction of sp³-hybridized carbons (Fsp3) is 0.111. The maximum absolute atomic E-state index is 13.6. The average molecular weight is 309 g/mol. The standard InChI is InChI=1S/C18H16FN3O/c1-13-16(12-21-22(13)15-8-3-2-4-9-15)18(23)20-11-14-7-5-6-10-17(14)19/h2-10,12H,11H2,1H3,(H,20,23). The van der Waals surface area contributed by atoms with E-state index in [1.165, 1.54) is 12.3 Å². The number of para-hydroxylation sites is 1. The van der Waals surface area contributed by atoms with Crippen molar-refractivity contribution in [3.05, 3.63) is 83.4 Å². The summed E-state index contributed by atoms with van der Waals surface area (Å²) in [6, 6.07) is 16.0. The quantitative estimate of drug-likeness (QED) is 0.804. The van der Waals surface area contributed by atoms with E-state index < -0.39 is 0 Å². The van der Waals surface area contributed by atoms with Crippen LogP contribution in [0.1, 0.15) is 21.6 Å². The van der Waals surface area contributed by atoms with Gasteiger partial charge < -0.3 is 5.32 Å². The highest BCUT2D eigenvalue weighted by Crippen LogP contribution is 2.14. The van der Waals surface area contributed by atoms with E-state index in [0.29, 0.717) is 11.1 Å². The Hall–Kier alpha value is -2.95. The van der Waals surface area contributed by atoms with Crippen molar-refractivity contribution < 1.29 is 9.18 Å². The summed E-state index contributed by atoms with van der Waals surface area (Å²) in [7, 11) is 0. The highest BCUT2D eigenvalue weighted by molar-refractivity contribution is 5.95. The summed E-state index contributed by atoms with van der Waals surface area (Å²) < 4.78 is 15.3. The number of carbonyl (C=O) groups is 1. The molecule has 0 radical (unpaired) electrons. The van der Waals surface area contributed by atoms with Gasteiger partial charge >= 0.3 is 0 Å². The molecule has 0 saturated heterocycles. The molecule has 1 N–H and O–H groups in total. The van der Waals surface area contributed by atoms with Crippen molar-refractivity contribution in [3.8, 4) is 5.69 Å². The van der Waals surface area contributed by atoms with Crippen LogP contribution in [0.3, 0.4) is 0 Å². The van der Waals surface area contributed by atoms with E-state index >= 15 is 0 Å². The lowest BCUT2D eigenvalue weighted by Crippen LogP contribution is -2.23. The highest BCUT2D eigenvalue weighted by atomic mass is 19.1. The van der Waals surface area contributed by atoms with Gasteiger partial charge in [-0.3, -0.25) is 4.79 Å². The summed E-state index contributed by atoms with van der Waals surface area (Å²) in [5.74, 6) is -0.600. The first-order valence-corrected chi connectivity index (χ1v) is 7.28. The number of amides is 1. The Labute approximate surface area is 133 Å². The smallest absolute Gasteiger partial charge is 0.255 e. The molecule has 0 bridgehead atoms. The Balaban J connectivity index is 1.76. The number of aromatic nitrogens is 2. The molecule has 1 aromatic heterocycles. The molecule has 1 amide bonds. The van der Waals surface area contributed by atoms with Crippen LogP contribution in [0.5, 0.6) is 0 Å². The Kier molecular flexibility index (Phi) is 4.19. The zero-order chi connectivity index (χ0) is 16.2. The second-order valence-corrected chi connectivity index (χ2v) is 5.17. The lowest BCUT2D eigenvalue weighted by molar-refractivity contribution is 0.0950. The van der Waals surface area contributed by atoms with Gasteiger partial charge in [0.2, 0.25) is 0 Å². The van der Waals surface area contributed by atoms with Crippen LogP contribution in [0.4, 0.5) is 4.39 Å². The first kappa shape index (κ1) is 15.0. The van der Waals surface area contributed by atoms with E-state index in [1.54, 1.807) is 22.9 Å². The molecule has 4 nitrogen and oxygen atoms in total. The number of rotatable bonds is 4. The van der Waals surface area contributed by atoms with Gasteiger partial charge in [-0.15, -0.1) is 0 Å². The molecule has 0 spiro atoms. The molecule has 1 heterocycles. The molecule has 0 aliphatic rings. The molecule has 0 fully saturated rings. The van der Waals surface area contributed by atoms with Crippen LogP contribution in [0.15, 0.2) is 60.8 Å². The Morgan fingerprint density at radius 2 is 1.83 bits per heavy atom. The molecule has 0 unspecified atom stereocenters. The van der Waals surface area contributed by atoms with Crippen molar-refractivity contribution in [2.75, 3.05) is 0 Å². The number of nitrogens with one attached hydrogen (secondary N) is 1. The summed E-state index contributed by atoms with van der Waals surface area (Å²) in [5.41, 5.74) is 2.56. The van der Waals surface area contributed by atoms with E-state index in [4.69, 9.17) is 0 Å². The third-order valence-electron chi connectivity index (χ3n) is 3.65. The molecular formula is C18H16FN3O. The van der Waals surface area contributed by atoms with E-state index in [9.17, 15) is 9.18 Å². The average Bonchev–Trinajstić information content (AvgIpc) is 2.96. The number of hydrogen-bond donors (Lipinski definition) is 1. The van der Waals surface area contributed by atoms with Gasteiger partial charge in [0, 0.05) is 12.1 Å². The van der Waals surface area contributed by atoms with Crippen molar-refractivity contribution in [2.45, 2.75) is 13.5 Å². The number of nitrogens with zero attached hydrogens (tertiary/aromatic N) is 2. The van der Waals surface area contributed by atoms with Crippen LogP contribution in [0, 0.1) is 12.7 Å². The third kappa shape index (κ3) is 3.13. The van der Waals surface area contributed by atoms with Crippen molar-refractivity contribution in [3.63, 3.8) is 0 Å². The second-order valence-electron chi connectivity index (χ2n) is 5.17. The van der Waals surface area contributed by atoms with Crippen molar-refractivity contribution in [2.24, 2.45) is 0 Å². The topological polar surface area (TPSA) is 46.9 Å². The molecular weight excluding hydrogens is 293 g/mol. The van der Waals surface area contributed by atoms with Crippen LogP contribution in [0.2, 0.25) is 0 Å². The first-order valence-electron chi connectivity index (χ1n) is 7.28. The van der Waals surface area contributed by atoms with E-state index in [2.05, 4.69) is 10.4 Å². The summed E-state index contributed by atoms with van der Waals surface area (Å²) in [6.07, 6.45) is 1.53. The summed E-state index contributed by atoms with van der Waals surface area (Å²) in [6.45, 7) is 1.97. The Bertz CT molecular complexity index is 827. The fourth-order valence-corrected chi connectivity index (χ4v) is 2.37. The lowest BCUT2D eigenvalue weighted by Gasteiger charge is -2.07. The zero-order valence-electron chi connectivity index (χ0n) is 12.7. The van der Waals surface area contributed by atoms with Gasteiger partial charge in [0.05, 0.1) is 23.1 Å². The van der Waals surface area contributed by atoms with Crippen LogP contribution in [-0.2, 0) is 6.54 Å². The first-order chi connectivity index (χ1) is 11.2. The van der Waals surface area contributed by atoms with Gasteiger partial charge in [0.1, 0.15) is 5.82 Å². The van der Waals surface area contributed by atoms with Gasteiger partial charge in [-0.05, 0) is 25.1 Å². The van der Waals surface area contributed by atoms with E-state index in [-0.39, 0.29) is 18.3 Å². The van der Waals surface area contributed by atoms with Gasteiger partial charge in [0.15, 0.2) is 0 Å². The second kappa shape index (κ2) is 6.44. The minimum Gasteiger partial charge on any atom is -0.348 e. The molecule has 0 saturated carbocycles. The number of benzene rings is 2. The Morgan fingerprint density at radius 3 is 2.57 bits per heavy atom. The molecule has 2 aromatic carbocycles. The number of hydrogen-bond acceptors (Lipinski definition) is 2. The van der Waals surface area contributed by atoms with Crippen molar-refractivity contribution >= 4 is 5.91 Å². The summed E-state index contributed by atoms with van der Waals surface area (Å²) in [4.78, 5) is 12.3. The molecule has 3 rings (SSSR count). The van der Waals surface area contributed by atoms with Gasteiger partial charge in [0.25, 0.3) is 5.91 Å². The normalized spacial score (nSPS) is 10.5. The van der Waals surface area contributed by atoms with Crippen molar-refractivity contribution in [1.29, 1.82) is 0 Å². The van der Waals surface area contributed by atoms with Crippen LogP contribution < -0.4 is 5.32 Å². The largest absolute Gasteiger partial charge is 0.348 e. The SMILES string of the molecule is Cc1c(C(=O)NCc2ccccc2F)cnn1-c1ccccc1. The van der Waals surface area contributed by atoms with Crippen LogP contribution in [0.25, 0.3) is 5.69 Å². The third-order valence-corrected chi connectivity index (χ3v) is 3.65. The maximum Gasteiger partial charge on any atom is 0.255 e. The minimum absolute atomic E-state index is 0.140. The van der Waals surface area contributed by atoms with Gasteiger partial charge in [-0.25, -0.2) is 9.07 Å². The number of halogens is 1. The Morgan fingerprint density at radius 1 is 1.13 bits per heavy atom. The van der Waals surface area contributed by atoms with Gasteiger partial charge in [-0.2, -0.15) is 5.10 Å². The monoisotopic (exact) mass is 309 g/mol. The van der Waals surface area contributed by atoms with E-state index in [1.807, 2.05) is 37.3 Å². The van der Waals surface area contributed by atoms with Crippen LogP contribution in [-0.4, -0.2) is 15.7 Å². The molecule has 3 aromatic rings. The molecule has 5 heteroatoms. The van der Waals surface area contributed by atoms with Gasteiger partial charge in [-0.1, -0.05) is 36.4 Å². The molecule has 23 heavy (non-hydrogen) atoms. The fourth-order valence-electron chi connectivity index (χ4n) is 2.37. The van der Waals surface area contributed by atoms with Crippen molar-refractivity contribution in [1.82, 2.24) is 15.1 Å². The highest BCUT2D eigenvalue weighted by Gasteiger charge is 2.15. The molecule has 116 valence electrons. The lowest BCUT2D eigenvalue weighted by atomic mass is 10.2. The maximum atomic E-state index is 13.6. The number of carbonyl (C=O) groups excluding carboxylic acids is 1. The molecule has 0 aliphatic carbocycles. The predicted molar refractivity (Wildman–Crippen MR) is 85.9 cm³/mol. The predicted octanol–water partition coefficient (Wildman–Crippen LogP) is 3.25.